The molecule has 0 radical (unpaired) electrons. The minimum Gasteiger partial charge on any atom is -0.496 e. The Morgan fingerprint density at radius 1 is 1.23 bits per heavy atom. The van der Waals surface area contributed by atoms with E-state index in [4.69, 9.17) is 16.3 Å². The Kier molecular flexibility index (Phi) is 5.55. The van der Waals surface area contributed by atoms with E-state index < -0.39 is 0 Å². The van der Waals surface area contributed by atoms with Gasteiger partial charge in [0.25, 0.3) is 5.91 Å². The van der Waals surface area contributed by atoms with E-state index in [0.29, 0.717) is 22.8 Å². The van der Waals surface area contributed by atoms with Gasteiger partial charge in [0, 0.05) is 17.2 Å². The Morgan fingerprint density at radius 3 is 2.64 bits per heavy atom. The summed E-state index contributed by atoms with van der Waals surface area (Å²) in [6, 6.07) is 14.8. The van der Waals surface area contributed by atoms with E-state index in [1.54, 1.807) is 18.2 Å². The second kappa shape index (κ2) is 7.61. The zero-order chi connectivity index (χ0) is 15.9. The average Bonchev–Trinajstić information content (AvgIpc) is 2.53. The summed E-state index contributed by atoms with van der Waals surface area (Å²) in [5, 5.41) is 4.59. The predicted octanol–water partition coefficient (Wildman–Crippen LogP) is 3.70. The van der Waals surface area contributed by atoms with E-state index in [2.05, 4.69) is 10.5 Å². The number of nitrogens with zero attached hydrogens (tertiary/aromatic N) is 1. The number of benzene rings is 2. The standard InChI is InChI=1S/C17H17ClN2O2/c1-12(10-13-6-4-3-5-7-13)19-20-17(21)15-11-14(18)8-9-16(15)22-2/h3-9,11H,10H2,1-2H3,(H,20,21)/b19-12-. The summed E-state index contributed by atoms with van der Waals surface area (Å²) in [5.74, 6) is 0.101. The molecule has 0 aromatic heterocycles. The van der Waals surface area contributed by atoms with Crippen molar-refractivity contribution < 1.29 is 9.53 Å². The number of amides is 1. The number of hydrazone groups is 1. The lowest BCUT2D eigenvalue weighted by atomic mass is 10.1. The van der Waals surface area contributed by atoms with Crippen LogP contribution in [0.1, 0.15) is 22.8 Å². The number of nitrogens with one attached hydrogen (secondary N) is 1. The quantitative estimate of drug-likeness (QED) is 0.675. The number of ether oxygens (including phenoxy) is 1. The van der Waals surface area contributed by atoms with E-state index in [9.17, 15) is 4.79 Å². The van der Waals surface area contributed by atoms with Crippen LogP contribution in [0.2, 0.25) is 5.02 Å². The number of carbonyl (C=O) groups is 1. The lowest BCUT2D eigenvalue weighted by molar-refractivity contribution is 0.0951. The molecular weight excluding hydrogens is 300 g/mol. The first-order chi connectivity index (χ1) is 10.6. The van der Waals surface area contributed by atoms with Crippen LogP contribution in [0.5, 0.6) is 5.75 Å². The number of halogens is 1. The van der Waals surface area contributed by atoms with Gasteiger partial charge in [0.05, 0.1) is 12.7 Å². The molecule has 0 bridgehead atoms. The van der Waals surface area contributed by atoms with Gasteiger partial charge in [0.15, 0.2) is 0 Å². The van der Waals surface area contributed by atoms with Gasteiger partial charge in [-0.25, -0.2) is 5.43 Å². The van der Waals surface area contributed by atoms with Crippen LogP contribution in [-0.2, 0) is 6.42 Å². The fourth-order valence-corrected chi connectivity index (χ4v) is 2.17. The first-order valence-corrected chi connectivity index (χ1v) is 7.19. The third kappa shape index (κ3) is 4.33. The number of hydrogen-bond donors (Lipinski definition) is 1. The number of methoxy groups -OCH3 is 1. The smallest absolute Gasteiger partial charge is 0.275 e. The van der Waals surface area contributed by atoms with Crippen LogP contribution in [0.4, 0.5) is 0 Å². The van der Waals surface area contributed by atoms with Gasteiger partial charge in [-0.2, -0.15) is 5.10 Å². The molecule has 0 atom stereocenters. The van der Waals surface area contributed by atoms with Crippen molar-refractivity contribution in [1.82, 2.24) is 5.43 Å². The molecule has 22 heavy (non-hydrogen) atoms. The van der Waals surface area contributed by atoms with E-state index in [1.807, 2.05) is 37.3 Å². The molecule has 0 unspecified atom stereocenters. The molecule has 1 amide bonds. The van der Waals surface area contributed by atoms with Crippen LogP contribution in [0, 0.1) is 0 Å². The molecular formula is C17H17ClN2O2. The third-order valence-electron chi connectivity index (χ3n) is 3.06. The summed E-state index contributed by atoms with van der Waals surface area (Å²) < 4.78 is 5.16. The Labute approximate surface area is 134 Å². The highest BCUT2D eigenvalue weighted by Crippen LogP contribution is 2.22. The maximum atomic E-state index is 12.2. The van der Waals surface area contributed by atoms with Crippen molar-refractivity contribution in [3.05, 3.63) is 64.7 Å². The largest absolute Gasteiger partial charge is 0.496 e. The maximum absolute atomic E-state index is 12.2. The first kappa shape index (κ1) is 16.0. The van der Waals surface area contributed by atoms with Gasteiger partial charge < -0.3 is 4.74 Å². The molecule has 1 N–H and O–H groups in total. The summed E-state index contributed by atoms with van der Waals surface area (Å²) in [4.78, 5) is 12.2. The van der Waals surface area contributed by atoms with E-state index in [-0.39, 0.29) is 5.91 Å². The highest BCUT2D eigenvalue weighted by Gasteiger charge is 2.12. The Bertz CT molecular complexity index is 684. The predicted molar refractivity (Wildman–Crippen MR) is 88.7 cm³/mol. The van der Waals surface area contributed by atoms with Gasteiger partial charge in [0.2, 0.25) is 0 Å². The molecule has 0 aliphatic rings. The summed E-state index contributed by atoms with van der Waals surface area (Å²) in [6.07, 6.45) is 0.674. The van der Waals surface area contributed by atoms with Crippen molar-refractivity contribution >= 4 is 23.2 Å². The van der Waals surface area contributed by atoms with E-state index >= 15 is 0 Å². The third-order valence-corrected chi connectivity index (χ3v) is 3.29. The van der Waals surface area contributed by atoms with Crippen molar-refractivity contribution in [3.63, 3.8) is 0 Å². The van der Waals surface area contributed by atoms with E-state index in [1.165, 1.54) is 7.11 Å². The van der Waals surface area contributed by atoms with Crippen LogP contribution in [0.25, 0.3) is 0 Å². The molecule has 0 heterocycles. The van der Waals surface area contributed by atoms with Crippen LogP contribution in [0.15, 0.2) is 53.6 Å². The fraction of sp³-hybridized carbons (Fsp3) is 0.176. The van der Waals surface area contributed by atoms with Crippen molar-refractivity contribution in [2.24, 2.45) is 5.10 Å². The zero-order valence-electron chi connectivity index (χ0n) is 12.5. The molecule has 2 rings (SSSR count). The molecule has 4 nitrogen and oxygen atoms in total. The summed E-state index contributed by atoms with van der Waals surface area (Å²) in [5.41, 5.74) is 4.83. The molecule has 0 saturated carbocycles. The van der Waals surface area contributed by atoms with Crippen molar-refractivity contribution in [3.8, 4) is 5.75 Å². The lowest BCUT2D eigenvalue weighted by Crippen LogP contribution is -2.20. The minimum absolute atomic E-state index is 0.353. The summed E-state index contributed by atoms with van der Waals surface area (Å²) in [6.45, 7) is 1.86. The van der Waals surface area contributed by atoms with Crippen molar-refractivity contribution in [1.29, 1.82) is 0 Å². The van der Waals surface area contributed by atoms with Gasteiger partial charge in [-0.3, -0.25) is 4.79 Å². The molecule has 2 aromatic rings. The molecule has 0 aliphatic carbocycles. The zero-order valence-corrected chi connectivity index (χ0v) is 13.2. The monoisotopic (exact) mass is 316 g/mol. The summed E-state index contributed by atoms with van der Waals surface area (Å²) >= 11 is 5.92. The number of carbonyl (C=O) groups excluding carboxylic acids is 1. The molecule has 0 saturated heterocycles. The Hall–Kier alpha value is -2.33. The highest BCUT2D eigenvalue weighted by atomic mass is 35.5. The maximum Gasteiger partial charge on any atom is 0.275 e. The average molecular weight is 317 g/mol. The van der Waals surface area contributed by atoms with Crippen molar-refractivity contribution in [2.45, 2.75) is 13.3 Å². The Balaban J connectivity index is 2.06. The topological polar surface area (TPSA) is 50.7 Å². The molecule has 0 fully saturated rings. The molecule has 2 aromatic carbocycles. The second-order valence-electron chi connectivity index (χ2n) is 4.79. The molecule has 114 valence electrons. The molecule has 0 aliphatic heterocycles. The fourth-order valence-electron chi connectivity index (χ4n) is 1.99. The van der Waals surface area contributed by atoms with Crippen LogP contribution in [0.3, 0.4) is 0 Å². The molecule has 5 heteroatoms. The minimum atomic E-state index is -0.355. The van der Waals surface area contributed by atoms with Crippen LogP contribution < -0.4 is 10.2 Å². The highest BCUT2D eigenvalue weighted by molar-refractivity contribution is 6.31. The Morgan fingerprint density at radius 2 is 1.95 bits per heavy atom. The SMILES string of the molecule is COc1ccc(Cl)cc1C(=O)N/N=C(/C)Cc1ccccc1. The first-order valence-electron chi connectivity index (χ1n) is 6.81. The molecule has 0 spiro atoms. The summed E-state index contributed by atoms with van der Waals surface area (Å²) in [7, 11) is 1.50. The van der Waals surface area contributed by atoms with Gasteiger partial charge in [-0.15, -0.1) is 0 Å². The van der Waals surface area contributed by atoms with Gasteiger partial charge in [-0.05, 0) is 30.7 Å². The number of rotatable bonds is 5. The normalized spacial score (nSPS) is 11.1. The van der Waals surface area contributed by atoms with Crippen LogP contribution in [-0.4, -0.2) is 18.7 Å². The van der Waals surface area contributed by atoms with Gasteiger partial charge >= 0.3 is 0 Å². The van der Waals surface area contributed by atoms with Crippen LogP contribution >= 0.6 is 11.6 Å². The number of hydrogen-bond acceptors (Lipinski definition) is 3. The van der Waals surface area contributed by atoms with Gasteiger partial charge in [-0.1, -0.05) is 41.9 Å². The van der Waals surface area contributed by atoms with E-state index in [0.717, 1.165) is 11.3 Å². The van der Waals surface area contributed by atoms with Crippen molar-refractivity contribution in [2.75, 3.05) is 7.11 Å². The van der Waals surface area contributed by atoms with Gasteiger partial charge in [0.1, 0.15) is 5.75 Å². The second-order valence-corrected chi connectivity index (χ2v) is 5.23. The lowest BCUT2D eigenvalue weighted by Gasteiger charge is -2.08.